The Kier molecular flexibility index (Phi) is 3.70. The quantitative estimate of drug-likeness (QED) is 0.315. The van der Waals surface area contributed by atoms with Gasteiger partial charge in [0, 0.05) is 0 Å². The highest BCUT2D eigenvalue weighted by molar-refractivity contribution is 7.13. The van der Waals surface area contributed by atoms with E-state index in [-0.39, 0.29) is 0 Å². The van der Waals surface area contributed by atoms with Crippen LogP contribution in [-0.2, 0) is 0 Å². The van der Waals surface area contributed by atoms with Crippen LogP contribution < -0.4 is 5.09 Å². The van der Waals surface area contributed by atoms with Crippen molar-refractivity contribution in [2.24, 2.45) is 0 Å². The minimum atomic E-state index is -1.56. The van der Waals surface area contributed by atoms with Crippen molar-refractivity contribution in [3.63, 3.8) is 0 Å². The average molecular weight is 167 g/mol. The van der Waals surface area contributed by atoms with E-state index in [0.717, 1.165) is 0 Å². The minimum absolute atomic E-state index is 0.752. The molecule has 0 saturated carbocycles. The van der Waals surface area contributed by atoms with Crippen molar-refractivity contribution in [3.05, 3.63) is 0 Å². The summed E-state index contributed by atoms with van der Waals surface area (Å²) < 4.78 is 0. The maximum absolute atomic E-state index is 9.25. The molecule has 0 aromatic rings. The molecule has 0 aromatic carbocycles. The summed E-state index contributed by atoms with van der Waals surface area (Å²) in [6, 6.07) is -0.752. The van der Waals surface area contributed by atoms with E-state index in [9.17, 15) is 5.11 Å². The first-order valence-electron chi connectivity index (χ1n) is 2.94. The number of aliphatic hydroxyl groups is 3. The van der Waals surface area contributed by atoms with Gasteiger partial charge < -0.3 is 15.3 Å². The van der Waals surface area contributed by atoms with E-state index in [1.54, 1.807) is 0 Å². The predicted molar refractivity (Wildman–Crippen MR) is 41.2 cm³/mol. The fraction of sp³-hybridized carbons (Fsp3) is 1.00. The molecule has 0 rings (SSSR count). The standard InChI is InChI=1S/C5H14NO3P/c1-5(2,9)3(6-10)4(7)8/h3-4,6-9H,10H2,1-2H3/t3-/m1/s1. The molecule has 0 aromatic heterocycles. The van der Waals surface area contributed by atoms with E-state index in [1.807, 2.05) is 0 Å². The zero-order chi connectivity index (χ0) is 8.36. The summed E-state index contributed by atoms with van der Waals surface area (Å²) >= 11 is 0. The first-order chi connectivity index (χ1) is 4.39. The van der Waals surface area contributed by atoms with E-state index >= 15 is 0 Å². The van der Waals surface area contributed by atoms with Gasteiger partial charge in [0.1, 0.15) is 0 Å². The van der Waals surface area contributed by atoms with Crippen molar-refractivity contribution in [3.8, 4) is 0 Å². The lowest BCUT2D eigenvalue weighted by Crippen LogP contribution is -2.50. The Morgan fingerprint density at radius 3 is 1.80 bits per heavy atom. The van der Waals surface area contributed by atoms with E-state index < -0.39 is 17.9 Å². The third-order valence-corrected chi connectivity index (χ3v) is 1.60. The summed E-state index contributed by atoms with van der Waals surface area (Å²) in [4.78, 5) is 0. The van der Waals surface area contributed by atoms with Crippen molar-refractivity contribution >= 4 is 9.39 Å². The highest BCUT2D eigenvalue weighted by Gasteiger charge is 2.30. The highest BCUT2D eigenvalue weighted by Crippen LogP contribution is 2.11. The minimum Gasteiger partial charge on any atom is -0.389 e. The van der Waals surface area contributed by atoms with Crippen molar-refractivity contribution in [2.75, 3.05) is 0 Å². The zero-order valence-corrected chi connectivity index (χ0v) is 7.23. The van der Waals surface area contributed by atoms with Crippen LogP contribution in [0.25, 0.3) is 0 Å². The molecule has 10 heavy (non-hydrogen) atoms. The van der Waals surface area contributed by atoms with E-state index in [0.29, 0.717) is 0 Å². The fourth-order valence-corrected chi connectivity index (χ4v) is 1.23. The second-order valence-electron chi connectivity index (χ2n) is 2.71. The Hall–Kier alpha value is 0.270. The van der Waals surface area contributed by atoms with Crippen molar-refractivity contribution in [2.45, 2.75) is 31.8 Å². The van der Waals surface area contributed by atoms with Crippen LogP contribution in [0.3, 0.4) is 0 Å². The van der Waals surface area contributed by atoms with Crippen LogP contribution >= 0.6 is 9.39 Å². The van der Waals surface area contributed by atoms with E-state index in [1.165, 1.54) is 13.8 Å². The van der Waals surface area contributed by atoms with E-state index in [4.69, 9.17) is 10.2 Å². The molecular formula is C5H14NO3P. The Balaban J connectivity index is 4.07. The van der Waals surface area contributed by atoms with Crippen molar-refractivity contribution in [1.82, 2.24) is 5.09 Å². The first kappa shape index (κ1) is 10.3. The molecule has 0 saturated heterocycles. The molecule has 62 valence electrons. The summed E-state index contributed by atoms with van der Waals surface area (Å²) in [5, 5.41) is 29.1. The van der Waals surface area contributed by atoms with Crippen LogP contribution in [0.15, 0.2) is 0 Å². The molecule has 0 fully saturated rings. The molecule has 0 amide bonds. The molecule has 1 unspecified atom stereocenters. The summed E-state index contributed by atoms with van der Waals surface area (Å²) in [5.74, 6) is 0. The number of rotatable bonds is 3. The van der Waals surface area contributed by atoms with Crippen LogP contribution in [0, 0.1) is 0 Å². The van der Waals surface area contributed by atoms with Crippen molar-refractivity contribution < 1.29 is 15.3 Å². The van der Waals surface area contributed by atoms with Crippen LogP contribution in [0.2, 0.25) is 0 Å². The molecule has 4 N–H and O–H groups in total. The summed E-state index contributed by atoms with van der Waals surface area (Å²) in [7, 11) is 2.12. The number of hydrogen-bond donors (Lipinski definition) is 4. The molecule has 0 aliphatic rings. The monoisotopic (exact) mass is 167 g/mol. The summed E-state index contributed by atoms with van der Waals surface area (Å²) in [6.45, 7) is 2.99. The third-order valence-electron chi connectivity index (χ3n) is 1.24. The molecule has 5 heteroatoms. The Morgan fingerprint density at radius 2 is 1.80 bits per heavy atom. The Morgan fingerprint density at radius 1 is 1.40 bits per heavy atom. The fourth-order valence-electron chi connectivity index (χ4n) is 0.655. The van der Waals surface area contributed by atoms with Gasteiger partial charge >= 0.3 is 0 Å². The van der Waals surface area contributed by atoms with Gasteiger partial charge in [0.25, 0.3) is 0 Å². The zero-order valence-electron chi connectivity index (χ0n) is 6.07. The van der Waals surface area contributed by atoms with Crippen molar-refractivity contribution in [1.29, 1.82) is 0 Å². The lowest BCUT2D eigenvalue weighted by Gasteiger charge is -2.29. The molecule has 0 aliphatic carbocycles. The smallest absolute Gasteiger partial charge is 0.170 e. The predicted octanol–water partition coefficient (Wildman–Crippen LogP) is -1.18. The second-order valence-corrected chi connectivity index (χ2v) is 3.04. The second kappa shape index (κ2) is 3.60. The van der Waals surface area contributed by atoms with E-state index in [2.05, 4.69) is 14.5 Å². The molecule has 4 nitrogen and oxygen atoms in total. The molecular weight excluding hydrogens is 153 g/mol. The lowest BCUT2D eigenvalue weighted by molar-refractivity contribution is -0.113. The van der Waals surface area contributed by atoms with Crippen LogP contribution in [0.1, 0.15) is 13.8 Å². The normalized spacial score (nSPS) is 15.9. The van der Waals surface area contributed by atoms with Crippen LogP contribution in [0.5, 0.6) is 0 Å². The SMILES string of the molecule is CC(C)(O)[C@H](NP)C(O)O. The number of hydrogen-bond acceptors (Lipinski definition) is 4. The maximum atomic E-state index is 9.25. The largest absolute Gasteiger partial charge is 0.389 e. The number of nitrogens with one attached hydrogen (secondary N) is 1. The molecule has 2 atom stereocenters. The van der Waals surface area contributed by atoms with Crippen LogP contribution in [-0.4, -0.2) is 33.3 Å². The van der Waals surface area contributed by atoms with Gasteiger partial charge in [0.15, 0.2) is 6.29 Å². The molecule has 0 heterocycles. The topological polar surface area (TPSA) is 72.7 Å². The average Bonchev–Trinajstić information content (AvgIpc) is 1.60. The van der Waals surface area contributed by atoms with Gasteiger partial charge in [-0.25, -0.2) is 0 Å². The van der Waals surface area contributed by atoms with Gasteiger partial charge in [-0.3, -0.25) is 5.09 Å². The van der Waals surface area contributed by atoms with Gasteiger partial charge in [0.05, 0.1) is 11.6 Å². The highest BCUT2D eigenvalue weighted by atomic mass is 31.0. The Bertz CT molecular complexity index is 102. The van der Waals surface area contributed by atoms with Gasteiger partial charge in [0.2, 0.25) is 0 Å². The lowest BCUT2D eigenvalue weighted by atomic mass is 10.00. The third kappa shape index (κ3) is 2.90. The van der Waals surface area contributed by atoms with Gasteiger partial charge in [-0.05, 0) is 13.8 Å². The molecule has 0 radical (unpaired) electrons. The van der Waals surface area contributed by atoms with Gasteiger partial charge in [-0.2, -0.15) is 0 Å². The molecule has 0 spiro atoms. The molecule has 0 aliphatic heterocycles. The maximum Gasteiger partial charge on any atom is 0.170 e. The summed E-state index contributed by atoms with van der Waals surface area (Å²) in [5.41, 5.74) is -1.14. The molecule has 0 bridgehead atoms. The summed E-state index contributed by atoms with van der Waals surface area (Å²) in [6.07, 6.45) is -1.56. The Labute approximate surface area is 62.5 Å². The van der Waals surface area contributed by atoms with Gasteiger partial charge in [-0.1, -0.05) is 9.39 Å². The first-order valence-corrected chi connectivity index (χ1v) is 3.52. The van der Waals surface area contributed by atoms with Crippen LogP contribution in [0.4, 0.5) is 0 Å². The number of aliphatic hydroxyl groups excluding tert-OH is 1. The van der Waals surface area contributed by atoms with Gasteiger partial charge in [-0.15, -0.1) is 0 Å².